The van der Waals surface area contributed by atoms with Crippen molar-refractivity contribution in [3.63, 3.8) is 0 Å². The molecule has 0 aliphatic carbocycles. The molecular weight excluding hydrogens is 477 g/mol. The summed E-state index contributed by atoms with van der Waals surface area (Å²) in [6, 6.07) is 10.4. The molecular formula is C20H19BrFN3O4S. The van der Waals surface area contributed by atoms with Crippen molar-refractivity contribution in [2.75, 3.05) is 18.5 Å². The molecule has 2 aromatic heterocycles. The SMILES string of the molecule is COc1ccc(CN(c2cccc(F)n2)S(=O)(=O)c2cc(C)c(Br)cn2)c(OC)c1. The first kappa shape index (κ1) is 22.0. The molecule has 158 valence electrons. The highest BCUT2D eigenvalue weighted by molar-refractivity contribution is 9.10. The summed E-state index contributed by atoms with van der Waals surface area (Å²) in [4.78, 5) is 7.81. The second-order valence-electron chi connectivity index (χ2n) is 6.28. The Morgan fingerprint density at radius 1 is 1.13 bits per heavy atom. The van der Waals surface area contributed by atoms with Crippen LogP contribution in [0.5, 0.6) is 11.5 Å². The molecule has 0 aliphatic rings. The van der Waals surface area contributed by atoms with Crippen LogP contribution in [0.2, 0.25) is 0 Å². The molecule has 0 spiro atoms. The average Bonchev–Trinajstić information content (AvgIpc) is 2.73. The number of benzene rings is 1. The van der Waals surface area contributed by atoms with Gasteiger partial charge in [0.15, 0.2) is 5.03 Å². The number of sulfonamides is 1. The first-order chi connectivity index (χ1) is 14.3. The van der Waals surface area contributed by atoms with E-state index in [1.54, 1.807) is 25.1 Å². The summed E-state index contributed by atoms with van der Waals surface area (Å²) >= 11 is 3.31. The van der Waals surface area contributed by atoms with E-state index in [9.17, 15) is 12.8 Å². The smallest absolute Gasteiger partial charge is 0.283 e. The average molecular weight is 496 g/mol. The molecule has 3 rings (SSSR count). The van der Waals surface area contributed by atoms with Gasteiger partial charge in [-0.25, -0.2) is 14.3 Å². The van der Waals surface area contributed by atoms with E-state index in [1.165, 1.54) is 38.6 Å². The fourth-order valence-electron chi connectivity index (χ4n) is 2.73. The van der Waals surface area contributed by atoms with Crippen LogP contribution >= 0.6 is 15.9 Å². The molecule has 0 saturated heterocycles. The van der Waals surface area contributed by atoms with Gasteiger partial charge in [0.2, 0.25) is 5.95 Å². The van der Waals surface area contributed by atoms with Crippen molar-refractivity contribution in [1.82, 2.24) is 9.97 Å². The van der Waals surface area contributed by atoms with Crippen molar-refractivity contribution < 1.29 is 22.3 Å². The zero-order valence-electron chi connectivity index (χ0n) is 16.5. The van der Waals surface area contributed by atoms with Crippen molar-refractivity contribution in [3.8, 4) is 11.5 Å². The number of aromatic nitrogens is 2. The van der Waals surface area contributed by atoms with E-state index >= 15 is 0 Å². The highest BCUT2D eigenvalue weighted by Gasteiger charge is 2.29. The van der Waals surface area contributed by atoms with Gasteiger partial charge in [0.1, 0.15) is 17.3 Å². The van der Waals surface area contributed by atoms with Crippen molar-refractivity contribution in [2.45, 2.75) is 18.5 Å². The van der Waals surface area contributed by atoms with Crippen molar-refractivity contribution >= 4 is 31.8 Å². The van der Waals surface area contributed by atoms with E-state index in [0.717, 1.165) is 10.4 Å². The maximum atomic E-state index is 13.8. The van der Waals surface area contributed by atoms with E-state index in [-0.39, 0.29) is 17.4 Å². The lowest BCUT2D eigenvalue weighted by atomic mass is 10.2. The minimum absolute atomic E-state index is 0.0738. The lowest BCUT2D eigenvalue weighted by molar-refractivity contribution is 0.391. The van der Waals surface area contributed by atoms with E-state index < -0.39 is 16.0 Å². The molecule has 0 unspecified atom stereocenters. The van der Waals surface area contributed by atoms with Crippen molar-refractivity contribution in [3.05, 3.63) is 70.2 Å². The number of anilines is 1. The maximum Gasteiger partial charge on any atom is 0.283 e. The molecule has 0 N–H and O–H groups in total. The van der Waals surface area contributed by atoms with Crippen LogP contribution in [0.15, 0.2) is 58.2 Å². The molecule has 0 atom stereocenters. The van der Waals surface area contributed by atoms with Gasteiger partial charge in [-0.3, -0.25) is 0 Å². The lowest BCUT2D eigenvalue weighted by Crippen LogP contribution is -2.32. The summed E-state index contributed by atoms with van der Waals surface area (Å²) in [6.07, 6.45) is 1.41. The molecule has 0 saturated carbocycles. The van der Waals surface area contributed by atoms with Crippen LogP contribution in [-0.2, 0) is 16.6 Å². The summed E-state index contributed by atoms with van der Waals surface area (Å²) in [6.45, 7) is 1.60. The van der Waals surface area contributed by atoms with Crippen LogP contribution in [0.4, 0.5) is 10.2 Å². The molecule has 0 bridgehead atoms. The van der Waals surface area contributed by atoms with Gasteiger partial charge in [-0.2, -0.15) is 12.8 Å². The Morgan fingerprint density at radius 3 is 2.53 bits per heavy atom. The number of halogens is 2. The predicted octanol–water partition coefficient (Wildman–Crippen LogP) is 4.10. The third kappa shape index (κ3) is 4.54. The zero-order chi connectivity index (χ0) is 21.9. The zero-order valence-corrected chi connectivity index (χ0v) is 18.9. The Balaban J connectivity index is 2.13. The second-order valence-corrected chi connectivity index (χ2v) is 8.94. The van der Waals surface area contributed by atoms with Crippen LogP contribution in [0, 0.1) is 12.9 Å². The van der Waals surface area contributed by atoms with E-state index in [0.29, 0.717) is 27.1 Å². The summed E-state index contributed by atoms with van der Waals surface area (Å²) in [5.41, 5.74) is 1.24. The molecule has 30 heavy (non-hydrogen) atoms. The number of hydrogen-bond acceptors (Lipinski definition) is 6. The minimum atomic E-state index is -4.16. The third-order valence-corrected chi connectivity index (χ3v) is 6.82. The maximum absolute atomic E-state index is 13.8. The first-order valence-corrected chi connectivity index (χ1v) is 11.0. The largest absolute Gasteiger partial charge is 0.497 e. The molecule has 10 heteroatoms. The summed E-state index contributed by atoms with van der Waals surface area (Å²) in [5, 5.41) is -0.179. The fraction of sp³-hybridized carbons (Fsp3) is 0.200. The van der Waals surface area contributed by atoms with E-state index in [1.807, 2.05) is 0 Å². The first-order valence-electron chi connectivity index (χ1n) is 8.74. The quantitative estimate of drug-likeness (QED) is 0.459. The molecule has 0 amide bonds. The number of rotatable bonds is 7. The van der Waals surface area contributed by atoms with Crippen LogP contribution in [-0.4, -0.2) is 32.6 Å². The van der Waals surface area contributed by atoms with E-state index in [2.05, 4.69) is 25.9 Å². The molecule has 0 radical (unpaired) electrons. The molecule has 1 aromatic carbocycles. The van der Waals surface area contributed by atoms with E-state index in [4.69, 9.17) is 9.47 Å². The van der Waals surface area contributed by atoms with Crippen LogP contribution in [0.3, 0.4) is 0 Å². The number of hydrogen-bond donors (Lipinski definition) is 0. The highest BCUT2D eigenvalue weighted by Crippen LogP contribution is 2.30. The van der Waals surface area contributed by atoms with Crippen LogP contribution < -0.4 is 13.8 Å². The van der Waals surface area contributed by atoms with Gasteiger partial charge in [-0.1, -0.05) is 6.07 Å². The Morgan fingerprint density at radius 2 is 1.90 bits per heavy atom. The molecule has 0 fully saturated rings. The Kier molecular flexibility index (Phi) is 6.57. The van der Waals surface area contributed by atoms with Crippen LogP contribution in [0.1, 0.15) is 11.1 Å². The Hall–Kier alpha value is -2.72. The van der Waals surface area contributed by atoms with Gasteiger partial charge < -0.3 is 9.47 Å². The van der Waals surface area contributed by atoms with Crippen LogP contribution in [0.25, 0.3) is 0 Å². The molecule has 0 aliphatic heterocycles. The van der Waals surface area contributed by atoms with Gasteiger partial charge in [-0.15, -0.1) is 0 Å². The van der Waals surface area contributed by atoms with Gasteiger partial charge in [0.05, 0.1) is 20.8 Å². The highest BCUT2D eigenvalue weighted by atomic mass is 79.9. The second kappa shape index (κ2) is 8.97. The Bertz CT molecular complexity index is 1170. The molecule has 2 heterocycles. The summed E-state index contributed by atoms with van der Waals surface area (Å²) in [7, 11) is -1.18. The predicted molar refractivity (Wildman–Crippen MR) is 114 cm³/mol. The monoisotopic (exact) mass is 495 g/mol. The molecule has 3 aromatic rings. The minimum Gasteiger partial charge on any atom is -0.497 e. The number of aryl methyl sites for hydroxylation is 1. The van der Waals surface area contributed by atoms with Gasteiger partial charge in [0, 0.05) is 22.3 Å². The summed E-state index contributed by atoms with van der Waals surface area (Å²) in [5.74, 6) is 0.106. The lowest BCUT2D eigenvalue weighted by Gasteiger charge is -2.24. The summed E-state index contributed by atoms with van der Waals surface area (Å²) < 4.78 is 53.0. The third-order valence-electron chi connectivity index (χ3n) is 4.34. The topological polar surface area (TPSA) is 81.6 Å². The van der Waals surface area contributed by atoms with Gasteiger partial charge in [0.25, 0.3) is 10.0 Å². The van der Waals surface area contributed by atoms with Crippen molar-refractivity contribution in [1.29, 1.82) is 0 Å². The number of pyridine rings is 2. The standard InChI is InChI=1S/C20H19BrFN3O4S/c1-13-9-20(23-11-16(13)21)30(26,27)25(19-6-4-5-18(22)24-19)12-14-7-8-15(28-2)10-17(14)29-3/h4-11H,12H2,1-3H3. The normalized spacial score (nSPS) is 11.2. The fourth-order valence-corrected chi connectivity index (χ4v) is 4.34. The molecule has 7 nitrogen and oxygen atoms in total. The van der Waals surface area contributed by atoms with Gasteiger partial charge >= 0.3 is 0 Å². The Labute approximate surface area is 182 Å². The number of nitrogens with zero attached hydrogens (tertiary/aromatic N) is 3. The number of ether oxygens (including phenoxy) is 2. The number of methoxy groups -OCH3 is 2. The van der Waals surface area contributed by atoms with Crippen molar-refractivity contribution in [2.24, 2.45) is 0 Å². The van der Waals surface area contributed by atoms with Gasteiger partial charge in [-0.05, 0) is 58.7 Å².